The lowest BCUT2D eigenvalue weighted by Crippen LogP contribution is -2.39. The van der Waals surface area contributed by atoms with Crippen molar-refractivity contribution in [3.8, 4) is 0 Å². The summed E-state index contributed by atoms with van der Waals surface area (Å²) < 4.78 is 5.87. The van der Waals surface area contributed by atoms with Crippen molar-refractivity contribution in [1.82, 2.24) is 0 Å². The zero-order valence-corrected chi connectivity index (χ0v) is 11.5. The summed E-state index contributed by atoms with van der Waals surface area (Å²) in [6, 6.07) is 0. The van der Waals surface area contributed by atoms with Crippen LogP contribution in [-0.4, -0.2) is 11.6 Å². The Bertz CT molecular complexity index is 345. The molecule has 96 valence electrons. The van der Waals surface area contributed by atoms with E-state index >= 15 is 0 Å². The van der Waals surface area contributed by atoms with Crippen LogP contribution in [0, 0.1) is 23.7 Å². The van der Waals surface area contributed by atoms with Gasteiger partial charge < -0.3 is 4.74 Å². The topological polar surface area (TPSA) is 26.3 Å². The Balaban J connectivity index is 2.30. The van der Waals surface area contributed by atoms with Crippen LogP contribution in [0.2, 0.25) is 0 Å². The van der Waals surface area contributed by atoms with Gasteiger partial charge in [0.2, 0.25) is 0 Å². The monoisotopic (exact) mass is 236 g/mol. The van der Waals surface area contributed by atoms with Gasteiger partial charge in [0.05, 0.1) is 5.92 Å². The molecule has 2 rings (SSSR count). The fraction of sp³-hybridized carbons (Fsp3) is 0.800. The molecule has 0 N–H and O–H groups in total. The van der Waals surface area contributed by atoms with E-state index < -0.39 is 0 Å². The Morgan fingerprint density at radius 1 is 1.47 bits per heavy atom. The summed E-state index contributed by atoms with van der Waals surface area (Å²) in [5, 5.41) is 0. The second kappa shape index (κ2) is 4.15. The van der Waals surface area contributed by atoms with Crippen LogP contribution in [0.4, 0.5) is 0 Å². The summed E-state index contributed by atoms with van der Waals surface area (Å²) in [4.78, 5) is 12.0. The minimum absolute atomic E-state index is 0.0139. The third-order valence-electron chi connectivity index (χ3n) is 4.84. The zero-order chi connectivity index (χ0) is 12.8. The molecule has 0 aromatic rings. The van der Waals surface area contributed by atoms with E-state index in [1.165, 1.54) is 5.57 Å². The first-order chi connectivity index (χ1) is 7.88. The van der Waals surface area contributed by atoms with Gasteiger partial charge in [-0.1, -0.05) is 32.9 Å². The van der Waals surface area contributed by atoms with E-state index in [2.05, 4.69) is 34.3 Å². The highest BCUT2D eigenvalue weighted by molar-refractivity contribution is 5.76. The Morgan fingerprint density at radius 3 is 2.59 bits per heavy atom. The van der Waals surface area contributed by atoms with E-state index in [1.54, 1.807) is 0 Å². The number of carbonyl (C=O) groups excluding carboxylic acids is 1. The molecule has 2 fully saturated rings. The molecule has 1 saturated heterocycles. The number of hydrogen-bond donors (Lipinski definition) is 0. The second-order valence-corrected chi connectivity index (χ2v) is 6.31. The number of ether oxygens (including phenoxy) is 1. The van der Waals surface area contributed by atoms with Gasteiger partial charge >= 0.3 is 5.97 Å². The van der Waals surface area contributed by atoms with Crippen molar-refractivity contribution in [3.05, 3.63) is 12.2 Å². The number of hydrogen-bond acceptors (Lipinski definition) is 2. The van der Waals surface area contributed by atoms with E-state index in [0.29, 0.717) is 17.8 Å². The minimum atomic E-state index is -0.238. The lowest BCUT2D eigenvalue weighted by Gasteiger charge is -2.34. The number of esters is 1. The smallest absolute Gasteiger partial charge is 0.309 e. The molecule has 2 nitrogen and oxygen atoms in total. The highest BCUT2D eigenvalue weighted by Crippen LogP contribution is 2.54. The van der Waals surface area contributed by atoms with Crippen LogP contribution in [0.1, 0.15) is 47.0 Å². The summed E-state index contributed by atoms with van der Waals surface area (Å²) in [5.41, 5.74) is 0.934. The summed E-state index contributed by atoms with van der Waals surface area (Å²) >= 11 is 0. The Labute approximate surface area is 104 Å². The Kier molecular flexibility index (Phi) is 3.09. The maximum Gasteiger partial charge on any atom is 0.309 e. The first kappa shape index (κ1) is 12.7. The molecule has 1 saturated carbocycles. The molecule has 0 radical (unpaired) electrons. The van der Waals surface area contributed by atoms with E-state index in [4.69, 9.17) is 4.74 Å². The van der Waals surface area contributed by atoms with Gasteiger partial charge in [0.15, 0.2) is 0 Å². The van der Waals surface area contributed by atoms with Crippen LogP contribution in [0.25, 0.3) is 0 Å². The maximum atomic E-state index is 12.0. The van der Waals surface area contributed by atoms with Crippen molar-refractivity contribution in [2.45, 2.75) is 52.6 Å². The molecular formula is C15H24O2. The fourth-order valence-electron chi connectivity index (χ4n) is 3.67. The van der Waals surface area contributed by atoms with Gasteiger partial charge in [-0.2, -0.15) is 0 Å². The molecular weight excluding hydrogens is 212 g/mol. The summed E-state index contributed by atoms with van der Waals surface area (Å²) in [5.74, 6) is 1.31. The molecule has 4 atom stereocenters. The SMILES string of the molecule is C=C(C)[C@@H]1CC[C@@H](C)[C@]12C[C@H](C(C)C)C(=O)O2. The highest BCUT2D eigenvalue weighted by atomic mass is 16.6. The van der Waals surface area contributed by atoms with Crippen LogP contribution in [0.15, 0.2) is 12.2 Å². The quantitative estimate of drug-likeness (QED) is 0.541. The molecule has 2 aliphatic rings. The maximum absolute atomic E-state index is 12.0. The Morgan fingerprint density at radius 2 is 2.12 bits per heavy atom. The molecule has 1 aliphatic carbocycles. The third-order valence-corrected chi connectivity index (χ3v) is 4.84. The van der Waals surface area contributed by atoms with Gasteiger partial charge in [0.25, 0.3) is 0 Å². The normalized spacial score (nSPS) is 41.2. The second-order valence-electron chi connectivity index (χ2n) is 6.31. The lowest BCUT2D eigenvalue weighted by molar-refractivity contribution is -0.155. The molecule has 1 aliphatic heterocycles. The summed E-state index contributed by atoms with van der Waals surface area (Å²) in [7, 11) is 0. The van der Waals surface area contributed by atoms with Gasteiger partial charge in [-0.3, -0.25) is 4.79 Å². The molecule has 0 aromatic carbocycles. The van der Waals surface area contributed by atoms with Crippen LogP contribution in [0.3, 0.4) is 0 Å². The average Bonchev–Trinajstić information content (AvgIpc) is 2.71. The molecule has 1 spiro atoms. The zero-order valence-electron chi connectivity index (χ0n) is 11.5. The van der Waals surface area contributed by atoms with Crippen molar-refractivity contribution >= 4 is 5.97 Å². The minimum Gasteiger partial charge on any atom is -0.458 e. The van der Waals surface area contributed by atoms with Gasteiger partial charge in [-0.15, -0.1) is 0 Å². The molecule has 2 heteroatoms. The van der Waals surface area contributed by atoms with E-state index in [9.17, 15) is 4.79 Å². The van der Waals surface area contributed by atoms with E-state index in [1.807, 2.05) is 0 Å². The van der Waals surface area contributed by atoms with Gasteiger partial charge in [0.1, 0.15) is 5.60 Å². The average molecular weight is 236 g/mol. The molecule has 17 heavy (non-hydrogen) atoms. The summed E-state index contributed by atoms with van der Waals surface area (Å²) in [6.07, 6.45) is 3.16. The van der Waals surface area contributed by atoms with Crippen molar-refractivity contribution in [2.24, 2.45) is 23.7 Å². The highest BCUT2D eigenvalue weighted by Gasteiger charge is 2.58. The summed E-state index contributed by atoms with van der Waals surface area (Å²) in [6.45, 7) is 12.6. The molecule has 0 amide bonds. The molecule has 1 heterocycles. The van der Waals surface area contributed by atoms with Crippen LogP contribution in [-0.2, 0) is 9.53 Å². The van der Waals surface area contributed by atoms with Crippen molar-refractivity contribution in [1.29, 1.82) is 0 Å². The molecule has 0 bridgehead atoms. The largest absolute Gasteiger partial charge is 0.458 e. The van der Waals surface area contributed by atoms with Gasteiger partial charge in [0, 0.05) is 12.3 Å². The van der Waals surface area contributed by atoms with Crippen LogP contribution in [0.5, 0.6) is 0 Å². The van der Waals surface area contributed by atoms with Crippen LogP contribution < -0.4 is 0 Å². The van der Waals surface area contributed by atoms with Crippen molar-refractivity contribution in [3.63, 3.8) is 0 Å². The van der Waals surface area contributed by atoms with Crippen LogP contribution >= 0.6 is 0 Å². The first-order valence-corrected chi connectivity index (χ1v) is 6.76. The van der Waals surface area contributed by atoms with Gasteiger partial charge in [-0.05, 0) is 31.6 Å². The van der Waals surface area contributed by atoms with Gasteiger partial charge in [-0.25, -0.2) is 0 Å². The molecule has 0 unspecified atom stereocenters. The van der Waals surface area contributed by atoms with E-state index in [0.717, 1.165) is 19.3 Å². The van der Waals surface area contributed by atoms with Crippen molar-refractivity contribution in [2.75, 3.05) is 0 Å². The lowest BCUT2D eigenvalue weighted by atomic mass is 9.75. The van der Waals surface area contributed by atoms with E-state index in [-0.39, 0.29) is 17.5 Å². The fourth-order valence-corrected chi connectivity index (χ4v) is 3.67. The third kappa shape index (κ3) is 1.82. The Hall–Kier alpha value is -0.790. The first-order valence-electron chi connectivity index (χ1n) is 6.76. The number of rotatable bonds is 2. The number of carbonyl (C=O) groups is 1. The van der Waals surface area contributed by atoms with Crippen molar-refractivity contribution < 1.29 is 9.53 Å². The predicted octanol–water partition coefficient (Wildman–Crippen LogP) is 3.57. The molecule has 0 aromatic heterocycles. The predicted molar refractivity (Wildman–Crippen MR) is 68.5 cm³/mol. The standard InChI is InChI=1S/C15H24O2/c1-9(2)12-8-15(17-14(12)16)11(5)6-7-13(15)10(3)4/h9,11-13H,3,6-8H2,1-2,4-5H3/t11-,12-,13+,15-/m1/s1.